The molecule has 5 nitrogen and oxygen atoms in total. The molecule has 0 fully saturated rings. The monoisotopic (exact) mass is 199 g/mol. The van der Waals surface area contributed by atoms with Gasteiger partial charge in [0.05, 0.1) is 17.3 Å². The van der Waals surface area contributed by atoms with Crippen LogP contribution in [0.4, 0.5) is 0 Å². The second-order valence-electron chi connectivity index (χ2n) is 3.33. The van der Waals surface area contributed by atoms with Gasteiger partial charge in [-0.15, -0.1) is 0 Å². The maximum Gasteiger partial charge on any atom is 0.184 e. The Labute approximate surface area is 85.8 Å². The van der Waals surface area contributed by atoms with Crippen molar-refractivity contribution in [1.82, 2.24) is 24.8 Å². The van der Waals surface area contributed by atoms with Crippen LogP contribution in [-0.4, -0.2) is 24.8 Å². The Kier molecular flexibility index (Phi) is 1.58. The van der Waals surface area contributed by atoms with Crippen LogP contribution in [0.2, 0.25) is 0 Å². The normalized spacial score (nSPS) is 11.0. The predicted octanol–water partition coefficient (Wildman–Crippen LogP) is 1.43. The molecule has 3 aromatic rings. The SMILES string of the molecule is Cc1nc(-c2cnn3ccccc23)n[nH]1. The van der Waals surface area contributed by atoms with Crippen molar-refractivity contribution in [2.24, 2.45) is 0 Å². The molecule has 0 spiro atoms. The van der Waals surface area contributed by atoms with Gasteiger partial charge in [0.15, 0.2) is 5.82 Å². The fourth-order valence-corrected chi connectivity index (χ4v) is 1.57. The summed E-state index contributed by atoms with van der Waals surface area (Å²) in [7, 11) is 0. The Morgan fingerprint density at radius 3 is 3.07 bits per heavy atom. The lowest BCUT2D eigenvalue weighted by Crippen LogP contribution is -1.84. The van der Waals surface area contributed by atoms with Crippen LogP contribution in [0.3, 0.4) is 0 Å². The second kappa shape index (κ2) is 2.91. The molecule has 0 unspecified atom stereocenters. The Morgan fingerprint density at radius 2 is 2.27 bits per heavy atom. The van der Waals surface area contributed by atoms with Gasteiger partial charge in [-0.1, -0.05) is 6.07 Å². The highest BCUT2D eigenvalue weighted by Crippen LogP contribution is 2.20. The van der Waals surface area contributed by atoms with Crippen LogP contribution in [0.5, 0.6) is 0 Å². The summed E-state index contributed by atoms with van der Waals surface area (Å²) in [6, 6.07) is 5.90. The zero-order valence-electron chi connectivity index (χ0n) is 8.18. The Hall–Kier alpha value is -2.17. The number of rotatable bonds is 1. The van der Waals surface area contributed by atoms with E-state index in [2.05, 4.69) is 20.3 Å². The number of hydrogen-bond acceptors (Lipinski definition) is 3. The summed E-state index contributed by atoms with van der Waals surface area (Å²) >= 11 is 0. The first-order valence-electron chi connectivity index (χ1n) is 4.66. The number of aromatic amines is 1. The zero-order chi connectivity index (χ0) is 10.3. The van der Waals surface area contributed by atoms with Gasteiger partial charge >= 0.3 is 0 Å². The van der Waals surface area contributed by atoms with Gasteiger partial charge < -0.3 is 0 Å². The van der Waals surface area contributed by atoms with Gasteiger partial charge in [-0.25, -0.2) is 9.50 Å². The lowest BCUT2D eigenvalue weighted by Gasteiger charge is -1.92. The van der Waals surface area contributed by atoms with E-state index in [9.17, 15) is 0 Å². The van der Waals surface area contributed by atoms with Crippen molar-refractivity contribution >= 4 is 5.52 Å². The molecule has 0 bridgehead atoms. The highest BCUT2D eigenvalue weighted by atomic mass is 15.2. The van der Waals surface area contributed by atoms with E-state index in [1.54, 1.807) is 10.7 Å². The van der Waals surface area contributed by atoms with Crippen LogP contribution in [0.25, 0.3) is 16.9 Å². The first kappa shape index (κ1) is 8.16. The van der Waals surface area contributed by atoms with Gasteiger partial charge in [-0.2, -0.15) is 10.2 Å². The number of nitrogens with one attached hydrogen (secondary N) is 1. The number of nitrogens with zero attached hydrogens (tertiary/aromatic N) is 4. The average Bonchev–Trinajstić information content (AvgIpc) is 2.83. The van der Waals surface area contributed by atoms with E-state index in [0.717, 1.165) is 16.9 Å². The second-order valence-corrected chi connectivity index (χ2v) is 3.33. The van der Waals surface area contributed by atoms with Crippen LogP contribution in [0, 0.1) is 6.92 Å². The van der Waals surface area contributed by atoms with Crippen molar-refractivity contribution in [3.05, 3.63) is 36.4 Å². The Morgan fingerprint density at radius 1 is 1.33 bits per heavy atom. The zero-order valence-corrected chi connectivity index (χ0v) is 8.18. The lowest BCUT2D eigenvalue weighted by atomic mass is 10.2. The molecule has 0 amide bonds. The molecule has 74 valence electrons. The molecular formula is C10H9N5. The van der Waals surface area contributed by atoms with Gasteiger partial charge in [0.25, 0.3) is 0 Å². The van der Waals surface area contributed by atoms with Crippen LogP contribution in [-0.2, 0) is 0 Å². The van der Waals surface area contributed by atoms with Gasteiger partial charge in [0.1, 0.15) is 5.82 Å². The third-order valence-electron chi connectivity index (χ3n) is 2.26. The van der Waals surface area contributed by atoms with Crippen molar-refractivity contribution in [3.8, 4) is 11.4 Å². The highest BCUT2D eigenvalue weighted by Gasteiger charge is 2.09. The van der Waals surface area contributed by atoms with E-state index >= 15 is 0 Å². The van der Waals surface area contributed by atoms with Gasteiger partial charge in [0, 0.05) is 6.20 Å². The van der Waals surface area contributed by atoms with E-state index in [1.807, 2.05) is 31.3 Å². The van der Waals surface area contributed by atoms with Crippen molar-refractivity contribution in [1.29, 1.82) is 0 Å². The van der Waals surface area contributed by atoms with E-state index < -0.39 is 0 Å². The van der Waals surface area contributed by atoms with Crippen molar-refractivity contribution < 1.29 is 0 Å². The van der Waals surface area contributed by atoms with Crippen LogP contribution >= 0.6 is 0 Å². The van der Waals surface area contributed by atoms with Crippen LogP contribution in [0.1, 0.15) is 5.82 Å². The summed E-state index contributed by atoms with van der Waals surface area (Å²) in [5.41, 5.74) is 1.96. The van der Waals surface area contributed by atoms with E-state index in [0.29, 0.717) is 5.82 Å². The first-order chi connectivity index (χ1) is 7.34. The molecule has 0 saturated carbocycles. The molecule has 0 aromatic carbocycles. The Bertz CT molecular complexity index is 607. The molecule has 15 heavy (non-hydrogen) atoms. The predicted molar refractivity (Wildman–Crippen MR) is 55.3 cm³/mol. The largest absolute Gasteiger partial charge is 0.263 e. The van der Waals surface area contributed by atoms with E-state index in [-0.39, 0.29) is 0 Å². The molecule has 0 aliphatic carbocycles. The van der Waals surface area contributed by atoms with Crippen molar-refractivity contribution in [2.75, 3.05) is 0 Å². The van der Waals surface area contributed by atoms with E-state index in [4.69, 9.17) is 0 Å². The number of H-pyrrole nitrogens is 1. The lowest BCUT2D eigenvalue weighted by molar-refractivity contribution is 0.961. The fourth-order valence-electron chi connectivity index (χ4n) is 1.57. The molecule has 3 rings (SSSR count). The molecule has 0 radical (unpaired) electrons. The first-order valence-corrected chi connectivity index (χ1v) is 4.66. The minimum atomic E-state index is 0.689. The number of hydrogen-bond donors (Lipinski definition) is 1. The number of fused-ring (bicyclic) bond motifs is 1. The summed E-state index contributed by atoms with van der Waals surface area (Å²) in [5.74, 6) is 1.49. The minimum absolute atomic E-state index is 0.689. The van der Waals surface area contributed by atoms with Crippen LogP contribution in [0.15, 0.2) is 30.6 Å². The maximum absolute atomic E-state index is 4.28. The van der Waals surface area contributed by atoms with Crippen LogP contribution < -0.4 is 0 Å². The topological polar surface area (TPSA) is 58.9 Å². The van der Waals surface area contributed by atoms with E-state index in [1.165, 1.54) is 0 Å². The molecule has 5 heteroatoms. The average molecular weight is 199 g/mol. The van der Waals surface area contributed by atoms with Crippen molar-refractivity contribution in [2.45, 2.75) is 6.92 Å². The summed E-state index contributed by atoms with van der Waals surface area (Å²) in [5, 5.41) is 11.2. The number of aromatic nitrogens is 5. The summed E-state index contributed by atoms with van der Waals surface area (Å²) < 4.78 is 1.81. The molecule has 1 N–H and O–H groups in total. The number of pyridine rings is 1. The highest BCUT2D eigenvalue weighted by molar-refractivity contribution is 5.75. The van der Waals surface area contributed by atoms with Gasteiger partial charge in [-0.3, -0.25) is 5.10 Å². The minimum Gasteiger partial charge on any atom is -0.263 e. The maximum atomic E-state index is 4.28. The van der Waals surface area contributed by atoms with Gasteiger partial charge in [-0.05, 0) is 19.1 Å². The van der Waals surface area contributed by atoms with Gasteiger partial charge in [0.2, 0.25) is 0 Å². The Balaban J connectivity index is 2.27. The molecule has 0 atom stereocenters. The summed E-state index contributed by atoms with van der Waals surface area (Å²) in [6.45, 7) is 1.88. The molecule has 0 aliphatic rings. The third-order valence-corrected chi connectivity index (χ3v) is 2.26. The molecule has 0 saturated heterocycles. The molecule has 3 aromatic heterocycles. The number of aryl methyl sites for hydroxylation is 1. The summed E-state index contributed by atoms with van der Waals surface area (Å²) in [4.78, 5) is 4.28. The molecular weight excluding hydrogens is 190 g/mol. The quantitative estimate of drug-likeness (QED) is 0.645. The fraction of sp³-hybridized carbons (Fsp3) is 0.100. The standard InChI is InChI=1S/C10H9N5/c1-7-12-10(14-13-7)8-6-11-15-5-3-2-4-9(8)15/h2-6H,1H3,(H,12,13,14). The molecule has 0 aliphatic heterocycles. The smallest absolute Gasteiger partial charge is 0.184 e. The van der Waals surface area contributed by atoms with Crippen molar-refractivity contribution in [3.63, 3.8) is 0 Å². The molecule has 3 heterocycles. The summed E-state index contributed by atoms with van der Waals surface area (Å²) in [6.07, 6.45) is 3.68. The third kappa shape index (κ3) is 1.20.